The average molecular weight is 427 g/mol. The van der Waals surface area contributed by atoms with Gasteiger partial charge in [0.1, 0.15) is 0 Å². The maximum atomic E-state index is 13.3. The van der Waals surface area contributed by atoms with Crippen molar-refractivity contribution >= 4 is 17.4 Å². The molecule has 0 aliphatic rings. The van der Waals surface area contributed by atoms with Crippen molar-refractivity contribution in [3.05, 3.63) is 52.8 Å². The standard InChI is InChI=1S/C26H38N2O3/c1-5-24-23(18-22(28(24)4)14-10-15-25(29)30)26(31)20-12-9-13-21(17-20)27-16-8-6-7-11-19(2)3/h9,12-13,17-19,27H,5-8,10-11,14-16H2,1-4H3,(H,29,30). The van der Waals surface area contributed by atoms with Crippen LogP contribution in [0.1, 0.15) is 86.6 Å². The number of hydrogen-bond donors (Lipinski definition) is 2. The summed E-state index contributed by atoms with van der Waals surface area (Å²) in [7, 11) is 1.96. The van der Waals surface area contributed by atoms with Crippen molar-refractivity contribution < 1.29 is 14.7 Å². The molecule has 0 amide bonds. The van der Waals surface area contributed by atoms with E-state index in [-0.39, 0.29) is 12.2 Å². The molecule has 2 rings (SSSR count). The van der Waals surface area contributed by atoms with Gasteiger partial charge in [0.2, 0.25) is 0 Å². The lowest BCUT2D eigenvalue weighted by molar-refractivity contribution is -0.137. The molecule has 0 saturated heterocycles. The lowest BCUT2D eigenvalue weighted by Gasteiger charge is -2.10. The molecule has 0 spiro atoms. The van der Waals surface area contributed by atoms with Crippen LogP contribution in [0.5, 0.6) is 0 Å². The van der Waals surface area contributed by atoms with Gasteiger partial charge in [-0.15, -0.1) is 0 Å². The number of carboxylic acids is 1. The Morgan fingerprint density at radius 3 is 2.55 bits per heavy atom. The van der Waals surface area contributed by atoms with Crippen LogP contribution in [0.25, 0.3) is 0 Å². The number of carbonyl (C=O) groups excluding carboxylic acids is 1. The number of anilines is 1. The fourth-order valence-electron chi connectivity index (χ4n) is 4.00. The third kappa shape index (κ3) is 7.57. The van der Waals surface area contributed by atoms with Crippen LogP contribution in [0.3, 0.4) is 0 Å². The van der Waals surface area contributed by atoms with Gasteiger partial charge in [0, 0.05) is 48.2 Å². The quantitative estimate of drug-likeness (QED) is 0.293. The normalized spacial score (nSPS) is 11.1. The highest BCUT2D eigenvalue weighted by Crippen LogP contribution is 2.22. The largest absolute Gasteiger partial charge is 0.481 e. The van der Waals surface area contributed by atoms with Crippen molar-refractivity contribution in [2.24, 2.45) is 13.0 Å². The van der Waals surface area contributed by atoms with Crippen LogP contribution in [0.4, 0.5) is 5.69 Å². The monoisotopic (exact) mass is 426 g/mol. The highest BCUT2D eigenvalue weighted by atomic mass is 16.4. The van der Waals surface area contributed by atoms with Gasteiger partial charge in [-0.2, -0.15) is 0 Å². The Morgan fingerprint density at radius 1 is 1.10 bits per heavy atom. The number of hydrogen-bond acceptors (Lipinski definition) is 3. The average Bonchev–Trinajstić information content (AvgIpc) is 3.05. The molecule has 0 aliphatic heterocycles. The van der Waals surface area contributed by atoms with Gasteiger partial charge in [-0.1, -0.05) is 52.2 Å². The maximum Gasteiger partial charge on any atom is 0.303 e. The number of aromatic nitrogens is 1. The van der Waals surface area contributed by atoms with Crippen molar-refractivity contribution in [2.45, 2.75) is 72.1 Å². The van der Waals surface area contributed by atoms with E-state index in [4.69, 9.17) is 5.11 Å². The number of unbranched alkanes of at least 4 members (excludes halogenated alkanes) is 2. The molecule has 1 aromatic carbocycles. The van der Waals surface area contributed by atoms with Crippen LogP contribution in [0.2, 0.25) is 0 Å². The zero-order chi connectivity index (χ0) is 22.8. The Hall–Kier alpha value is -2.56. The van der Waals surface area contributed by atoms with Crippen molar-refractivity contribution in [3.8, 4) is 0 Å². The highest BCUT2D eigenvalue weighted by molar-refractivity contribution is 6.10. The number of aryl methyl sites for hydroxylation is 1. The molecule has 5 heteroatoms. The second-order valence-corrected chi connectivity index (χ2v) is 8.74. The Morgan fingerprint density at radius 2 is 1.87 bits per heavy atom. The van der Waals surface area contributed by atoms with Crippen LogP contribution in [-0.4, -0.2) is 28.0 Å². The second-order valence-electron chi connectivity index (χ2n) is 8.74. The molecular formula is C26H38N2O3. The number of benzene rings is 1. The maximum absolute atomic E-state index is 13.3. The molecular weight excluding hydrogens is 388 g/mol. The number of carboxylic acid groups (broad SMARTS) is 1. The van der Waals surface area contributed by atoms with E-state index in [1.165, 1.54) is 19.3 Å². The summed E-state index contributed by atoms with van der Waals surface area (Å²) < 4.78 is 2.05. The topological polar surface area (TPSA) is 71.3 Å². The van der Waals surface area contributed by atoms with Gasteiger partial charge in [0.25, 0.3) is 0 Å². The van der Waals surface area contributed by atoms with Gasteiger partial charge in [-0.25, -0.2) is 0 Å². The number of rotatable bonds is 14. The summed E-state index contributed by atoms with van der Waals surface area (Å²) >= 11 is 0. The van der Waals surface area contributed by atoms with Crippen molar-refractivity contribution in [2.75, 3.05) is 11.9 Å². The van der Waals surface area contributed by atoms with E-state index in [0.29, 0.717) is 18.4 Å². The first-order chi connectivity index (χ1) is 14.8. The third-order valence-electron chi connectivity index (χ3n) is 5.77. The summed E-state index contributed by atoms with van der Waals surface area (Å²) in [5.74, 6) is 0.00214. The molecule has 0 radical (unpaired) electrons. The van der Waals surface area contributed by atoms with Crippen LogP contribution < -0.4 is 5.32 Å². The number of nitrogens with zero attached hydrogens (tertiary/aromatic N) is 1. The van der Waals surface area contributed by atoms with Crippen LogP contribution in [0, 0.1) is 5.92 Å². The van der Waals surface area contributed by atoms with Gasteiger partial charge >= 0.3 is 5.97 Å². The first kappa shape index (κ1) is 24.7. The molecule has 1 heterocycles. The van der Waals surface area contributed by atoms with Crippen molar-refractivity contribution in [1.29, 1.82) is 0 Å². The van der Waals surface area contributed by atoms with Crippen molar-refractivity contribution in [3.63, 3.8) is 0 Å². The molecule has 2 N–H and O–H groups in total. The van der Waals surface area contributed by atoms with E-state index in [2.05, 4.69) is 19.2 Å². The summed E-state index contributed by atoms with van der Waals surface area (Å²) in [5.41, 5.74) is 4.39. The number of carbonyl (C=O) groups is 2. The SMILES string of the molecule is CCc1c(C(=O)c2cccc(NCCCCCC(C)C)c2)cc(CCCC(=O)O)n1C. The summed E-state index contributed by atoms with van der Waals surface area (Å²) in [6.07, 6.45) is 7.01. The molecule has 0 fully saturated rings. The lowest BCUT2D eigenvalue weighted by Crippen LogP contribution is -2.07. The van der Waals surface area contributed by atoms with Crippen LogP contribution >= 0.6 is 0 Å². The first-order valence-electron chi connectivity index (χ1n) is 11.6. The van der Waals surface area contributed by atoms with E-state index >= 15 is 0 Å². The minimum absolute atomic E-state index is 0.0255. The zero-order valence-electron chi connectivity index (χ0n) is 19.5. The van der Waals surface area contributed by atoms with Crippen LogP contribution in [-0.2, 0) is 24.7 Å². The molecule has 0 atom stereocenters. The second kappa shape index (κ2) is 12.3. The van der Waals surface area contributed by atoms with E-state index in [9.17, 15) is 9.59 Å². The fourth-order valence-corrected chi connectivity index (χ4v) is 4.00. The first-order valence-corrected chi connectivity index (χ1v) is 11.6. The summed E-state index contributed by atoms with van der Waals surface area (Å²) in [6, 6.07) is 9.68. The highest BCUT2D eigenvalue weighted by Gasteiger charge is 2.19. The molecule has 0 unspecified atom stereocenters. The minimum Gasteiger partial charge on any atom is -0.481 e. The zero-order valence-corrected chi connectivity index (χ0v) is 19.5. The Bertz CT molecular complexity index is 868. The number of aliphatic carboxylic acids is 1. The lowest BCUT2D eigenvalue weighted by atomic mass is 10.0. The predicted octanol–water partition coefficient (Wildman–Crippen LogP) is 5.85. The number of ketones is 1. The van der Waals surface area contributed by atoms with Gasteiger partial charge < -0.3 is 15.0 Å². The fraction of sp³-hybridized carbons (Fsp3) is 0.538. The molecule has 5 nitrogen and oxygen atoms in total. The third-order valence-corrected chi connectivity index (χ3v) is 5.77. The summed E-state index contributed by atoms with van der Waals surface area (Å²) in [4.78, 5) is 24.1. The Balaban J connectivity index is 2.04. The van der Waals surface area contributed by atoms with Crippen molar-refractivity contribution in [1.82, 2.24) is 4.57 Å². The van der Waals surface area contributed by atoms with Gasteiger partial charge in [0.15, 0.2) is 5.78 Å². The van der Waals surface area contributed by atoms with Gasteiger partial charge in [0.05, 0.1) is 0 Å². The molecule has 1 aromatic heterocycles. The molecule has 2 aromatic rings. The molecule has 170 valence electrons. The molecule has 31 heavy (non-hydrogen) atoms. The predicted molar refractivity (Wildman–Crippen MR) is 127 cm³/mol. The minimum atomic E-state index is -0.787. The molecule has 0 saturated carbocycles. The van der Waals surface area contributed by atoms with Gasteiger partial charge in [-0.3, -0.25) is 9.59 Å². The van der Waals surface area contributed by atoms with E-state index in [1.807, 2.05) is 48.9 Å². The van der Waals surface area contributed by atoms with Crippen LogP contribution in [0.15, 0.2) is 30.3 Å². The number of nitrogens with one attached hydrogen (secondary N) is 1. The van der Waals surface area contributed by atoms with E-state index in [1.54, 1.807) is 0 Å². The summed E-state index contributed by atoms with van der Waals surface area (Å²) in [5, 5.41) is 12.3. The smallest absolute Gasteiger partial charge is 0.303 e. The molecule has 0 bridgehead atoms. The Kier molecular flexibility index (Phi) is 9.83. The van der Waals surface area contributed by atoms with E-state index in [0.717, 1.165) is 47.9 Å². The molecule has 0 aliphatic carbocycles. The Labute approximate surface area is 186 Å². The summed E-state index contributed by atoms with van der Waals surface area (Å²) in [6.45, 7) is 7.48. The van der Waals surface area contributed by atoms with E-state index < -0.39 is 5.97 Å². The van der Waals surface area contributed by atoms with Gasteiger partial charge in [-0.05, 0) is 49.8 Å².